The quantitative estimate of drug-likeness (QED) is 0.801. The normalized spacial score (nSPS) is 11.5. The molecule has 0 saturated carbocycles. The summed E-state index contributed by atoms with van der Waals surface area (Å²) < 4.78 is 5.10. The van der Waals surface area contributed by atoms with E-state index in [2.05, 4.69) is 0 Å². The molecule has 1 N–H and O–H groups in total. The van der Waals surface area contributed by atoms with Crippen LogP contribution in [0.3, 0.4) is 0 Å². The third-order valence-electron chi connectivity index (χ3n) is 2.28. The predicted octanol–water partition coefficient (Wildman–Crippen LogP) is 3.35. The summed E-state index contributed by atoms with van der Waals surface area (Å²) in [5, 5.41) is 9.63. The molecule has 1 aromatic carbocycles. The second-order valence-electron chi connectivity index (χ2n) is 4.21. The third-order valence-corrected chi connectivity index (χ3v) is 2.46. The first-order valence-corrected chi connectivity index (χ1v) is 5.35. The van der Waals surface area contributed by atoms with Crippen LogP contribution in [0.1, 0.15) is 25.8 Å². The average molecular weight is 229 g/mol. The fraction of sp³-hybridized carbons (Fsp3) is 0.500. The second-order valence-corrected chi connectivity index (χ2v) is 5.24. The molecule has 1 aromatic rings. The Morgan fingerprint density at radius 2 is 2.07 bits per heavy atom. The van der Waals surface area contributed by atoms with Gasteiger partial charge in [0, 0.05) is 4.87 Å². The van der Waals surface area contributed by atoms with E-state index >= 15 is 0 Å². The van der Waals surface area contributed by atoms with Crippen LogP contribution in [0.2, 0.25) is 0 Å². The van der Waals surface area contributed by atoms with Crippen LogP contribution in [0.25, 0.3) is 0 Å². The molecule has 1 rings (SSSR count). The Kier molecular flexibility index (Phi) is 3.86. The van der Waals surface area contributed by atoms with Gasteiger partial charge in [-0.15, -0.1) is 11.6 Å². The Balaban J connectivity index is 2.75. The summed E-state index contributed by atoms with van der Waals surface area (Å²) in [5.74, 6) is 1.06. The van der Waals surface area contributed by atoms with Gasteiger partial charge in [-0.2, -0.15) is 0 Å². The van der Waals surface area contributed by atoms with Crippen molar-refractivity contribution in [2.24, 2.45) is 0 Å². The number of hydrogen-bond acceptors (Lipinski definition) is 2. The van der Waals surface area contributed by atoms with Crippen molar-refractivity contribution in [3.63, 3.8) is 0 Å². The van der Waals surface area contributed by atoms with Gasteiger partial charge in [-0.1, -0.05) is 0 Å². The van der Waals surface area contributed by atoms with Gasteiger partial charge in [0.2, 0.25) is 0 Å². The third kappa shape index (κ3) is 4.00. The zero-order valence-electron chi connectivity index (χ0n) is 9.38. The number of ether oxygens (including phenoxy) is 1. The summed E-state index contributed by atoms with van der Waals surface area (Å²) in [5.41, 5.74) is 0.878. The topological polar surface area (TPSA) is 29.5 Å². The molecule has 0 aromatic heterocycles. The molecule has 0 fully saturated rings. The zero-order valence-corrected chi connectivity index (χ0v) is 10.1. The highest BCUT2D eigenvalue weighted by atomic mass is 35.5. The molecular formula is C12H17ClO2. The lowest BCUT2D eigenvalue weighted by molar-refractivity contribution is 0.410. The summed E-state index contributed by atoms with van der Waals surface area (Å²) in [6.07, 6.45) is 1.56. The van der Waals surface area contributed by atoms with Crippen molar-refractivity contribution < 1.29 is 9.84 Å². The SMILES string of the molecule is COc1ccc(O)c(CCC(C)(C)Cl)c1. The van der Waals surface area contributed by atoms with E-state index in [1.165, 1.54) is 0 Å². The maximum atomic E-state index is 9.63. The van der Waals surface area contributed by atoms with Crippen molar-refractivity contribution in [2.45, 2.75) is 31.6 Å². The minimum atomic E-state index is -0.241. The van der Waals surface area contributed by atoms with E-state index in [1.54, 1.807) is 19.2 Å². The van der Waals surface area contributed by atoms with Crippen LogP contribution < -0.4 is 4.74 Å². The molecule has 0 aliphatic heterocycles. The Hall–Kier alpha value is -0.890. The summed E-state index contributed by atoms with van der Waals surface area (Å²) in [4.78, 5) is -0.241. The molecule has 0 aliphatic carbocycles. The lowest BCUT2D eigenvalue weighted by atomic mass is 10.0. The van der Waals surface area contributed by atoms with Crippen molar-refractivity contribution in [3.8, 4) is 11.5 Å². The number of benzene rings is 1. The number of aromatic hydroxyl groups is 1. The molecule has 3 heteroatoms. The van der Waals surface area contributed by atoms with Gasteiger partial charge in [0.15, 0.2) is 0 Å². The van der Waals surface area contributed by atoms with Gasteiger partial charge in [0.1, 0.15) is 11.5 Å². The Labute approximate surface area is 95.8 Å². The summed E-state index contributed by atoms with van der Waals surface area (Å²) in [7, 11) is 1.61. The van der Waals surface area contributed by atoms with Gasteiger partial charge in [-0.25, -0.2) is 0 Å². The molecule has 0 spiro atoms. The van der Waals surface area contributed by atoms with E-state index in [4.69, 9.17) is 16.3 Å². The van der Waals surface area contributed by atoms with Gasteiger partial charge in [0.25, 0.3) is 0 Å². The summed E-state index contributed by atoms with van der Waals surface area (Å²) in [6.45, 7) is 3.93. The Morgan fingerprint density at radius 3 is 2.60 bits per heavy atom. The molecule has 0 aliphatic rings. The van der Waals surface area contributed by atoms with Gasteiger partial charge in [-0.3, -0.25) is 0 Å². The van der Waals surface area contributed by atoms with E-state index in [1.807, 2.05) is 19.9 Å². The highest BCUT2D eigenvalue weighted by molar-refractivity contribution is 6.23. The molecule has 0 unspecified atom stereocenters. The maximum absolute atomic E-state index is 9.63. The first-order chi connectivity index (χ1) is 6.92. The number of hydrogen-bond donors (Lipinski definition) is 1. The van der Waals surface area contributed by atoms with Crippen LogP contribution in [0.15, 0.2) is 18.2 Å². The van der Waals surface area contributed by atoms with Gasteiger partial charge in [0.05, 0.1) is 7.11 Å². The summed E-state index contributed by atoms with van der Waals surface area (Å²) >= 11 is 6.10. The monoisotopic (exact) mass is 228 g/mol. The number of methoxy groups -OCH3 is 1. The van der Waals surface area contributed by atoms with Crippen LogP contribution in [0.5, 0.6) is 11.5 Å². The van der Waals surface area contributed by atoms with Crippen molar-refractivity contribution in [1.82, 2.24) is 0 Å². The minimum absolute atomic E-state index is 0.241. The van der Waals surface area contributed by atoms with Gasteiger partial charge < -0.3 is 9.84 Å². The second kappa shape index (κ2) is 4.75. The molecule has 0 atom stereocenters. The molecule has 0 heterocycles. The van der Waals surface area contributed by atoms with Crippen LogP contribution in [0, 0.1) is 0 Å². The first kappa shape index (κ1) is 12.2. The molecule has 84 valence electrons. The molecular weight excluding hydrogens is 212 g/mol. The molecule has 0 amide bonds. The van der Waals surface area contributed by atoms with Gasteiger partial charge >= 0.3 is 0 Å². The summed E-state index contributed by atoms with van der Waals surface area (Å²) in [6, 6.07) is 5.23. The molecule has 0 saturated heterocycles. The van der Waals surface area contributed by atoms with Crippen LogP contribution in [0.4, 0.5) is 0 Å². The van der Waals surface area contributed by atoms with E-state index in [9.17, 15) is 5.11 Å². The number of halogens is 1. The van der Waals surface area contributed by atoms with E-state index in [0.717, 1.165) is 24.2 Å². The van der Waals surface area contributed by atoms with Crippen molar-refractivity contribution in [3.05, 3.63) is 23.8 Å². The molecule has 2 nitrogen and oxygen atoms in total. The van der Waals surface area contributed by atoms with E-state index in [0.29, 0.717) is 5.75 Å². The Morgan fingerprint density at radius 1 is 1.40 bits per heavy atom. The van der Waals surface area contributed by atoms with Crippen LogP contribution in [-0.4, -0.2) is 17.1 Å². The fourth-order valence-electron chi connectivity index (χ4n) is 1.32. The zero-order chi connectivity index (χ0) is 11.5. The largest absolute Gasteiger partial charge is 0.508 e. The minimum Gasteiger partial charge on any atom is -0.508 e. The first-order valence-electron chi connectivity index (χ1n) is 4.97. The van der Waals surface area contributed by atoms with Crippen LogP contribution in [-0.2, 0) is 6.42 Å². The number of aryl methyl sites for hydroxylation is 1. The fourth-order valence-corrected chi connectivity index (χ4v) is 1.42. The Bertz CT molecular complexity index is 329. The molecule has 15 heavy (non-hydrogen) atoms. The standard InChI is InChI=1S/C12H17ClO2/c1-12(2,13)7-6-9-8-10(15-3)4-5-11(9)14/h4-5,8,14H,6-7H2,1-3H3. The number of alkyl halides is 1. The number of phenols is 1. The van der Waals surface area contributed by atoms with E-state index < -0.39 is 0 Å². The average Bonchev–Trinajstić information content (AvgIpc) is 2.15. The van der Waals surface area contributed by atoms with Crippen molar-refractivity contribution >= 4 is 11.6 Å². The maximum Gasteiger partial charge on any atom is 0.119 e. The van der Waals surface area contributed by atoms with Crippen molar-refractivity contribution in [1.29, 1.82) is 0 Å². The lowest BCUT2D eigenvalue weighted by Crippen LogP contribution is -2.11. The molecule has 0 radical (unpaired) electrons. The van der Waals surface area contributed by atoms with Gasteiger partial charge in [-0.05, 0) is 50.5 Å². The van der Waals surface area contributed by atoms with E-state index in [-0.39, 0.29) is 4.87 Å². The highest BCUT2D eigenvalue weighted by Crippen LogP contribution is 2.27. The lowest BCUT2D eigenvalue weighted by Gasteiger charge is -2.15. The predicted molar refractivity (Wildman–Crippen MR) is 62.9 cm³/mol. The number of rotatable bonds is 4. The smallest absolute Gasteiger partial charge is 0.119 e. The van der Waals surface area contributed by atoms with Crippen LogP contribution >= 0.6 is 11.6 Å². The highest BCUT2D eigenvalue weighted by Gasteiger charge is 2.14. The molecule has 0 bridgehead atoms. The number of phenolic OH excluding ortho intramolecular Hbond substituents is 1. The van der Waals surface area contributed by atoms with Crippen molar-refractivity contribution in [2.75, 3.05) is 7.11 Å².